The van der Waals surface area contributed by atoms with Gasteiger partial charge in [-0.2, -0.15) is 0 Å². The lowest BCUT2D eigenvalue weighted by atomic mass is 10.0. The van der Waals surface area contributed by atoms with Gasteiger partial charge in [-0.05, 0) is 42.5 Å². The number of para-hydroxylation sites is 1. The van der Waals surface area contributed by atoms with Crippen LogP contribution >= 0.6 is 0 Å². The Morgan fingerprint density at radius 1 is 0.897 bits per heavy atom. The molecule has 2 unspecified atom stereocenters. The van der Waals surface area contributed by atoms with Crippen LogP contribution in [0.4, 0.5) is 11.4 Å². The van der Waals surface area contributed by atoms with Crippen molar-refractivity contribution in [2.75, 3.05) is 24.9 Å². The van der Waals surface area contributed by atoms with E-state index in [9.17, 15) is 9.59 Å². The number of anilines is 2. The second kappa shape index (κ2) is 8.99. The van der Waals surface area contributed by atoms with Gasteiger partial charge in [0.25, 0.3) is 0 Å². The SMILES string of the molecule is CCc1cccc(CC)c1NC(=O)C1CC1C(=O)Nc1ccc(OC)c(OC)c1. The second-order valence-corrected chi connectivity index (χ2v) is 7.16. The molecule has 2 amide bonds. The van der Waals surface area contributed by atoms with Gasteiger partial charge < -0.3 is 20.1 Å². The highest BCUT2D eigenvalue weighted by atomic mass is 16.5. The number of nitrogens with one attached hydrogen (secondary N) is 2. The molecule has 2 atom stereocenters. The Kier molecular flexibility index (Phi) is 6.42. The quantitative estimate of drug-likeness (QED) is 0.706. The summed E-state index contributed by atoms with van der Waals surface area (Å²) in [7, 11) is 3.10. The summed E-state index contributed by atoms with van der Waals surface area (Å²) in [6.45, 7) is 4.14. The molecule has 1 fully saturated rings. The van der Waals surface area contributed by atoms with Crippen molar-refractivity contribution in [2.45, 2.75) is 33.1 Å². The lowest BCUT2D eigenvalue weighted by Gasteiger charge is -2.14. The number of hydrogen-bond donors (Lipinski definition) is 2. The van der Waals surface area contributed by atoms with Crippen LogP contribution in [0.1, 0.15) is 31.4 Å². The first-order chi connectivity index (χ1) is 14.0. The summed E-state index contributed by atoms with van der Waals surface area (Å²) in [6.07, 6.45) is 2.25. The van der Waals surface area contributed by atoms with Crippen molar-refractivity contribution in [3.63, 3.8) is 0 Å². The molecule has 2 N–H and O–H groups in total. The van der Waals surface area contributed by atoms with Gasteiger partial charge in [0, 0.05) is 17.4 Å². The number of amides is 2. The molecule has 0 bridgehead atoms. The minimum atomic E-state index is -0.318. The van der Waals surface area contributed by atoms with E-state index in [1.165, 1.54) is 0 Å². The molecule has 154 valence electrons. The first kappa shape index (κ1) is 20.7. The standard InChI is InChI=1S/C23H28N2O4/c1-5-14-8-7-9-15(6-2)21(14)25-23(27)18-13-17(18)22(26)24-16-10-11-19(28-3)20(12-16)29-4/h7-12,17-18H,5-6,13H2,1-4H3,(H,24,26)(H,25,27). The van der Waals surface area contributed by atoms with Crippen molar-refractivity contribution in [1.82, 2.24) is 0 Å². The van der Waals surface area contributed by atoms with Crippen LogP contribution in [0.5, 0.6) is 11.5 Å². The Balaban J connectivity index is 1.64. The maximum absolute atomic E-state index is 12.7. The molecule has 0 aliphatic heterocycles. The topological polar surface area (TPSA) is 76.7 Å². The Bertz CT molecular complexity index is 887. The van der Waals surface area contributed by atoms with Crippen LogP contribution < -0.4 is 20.1 Å². The van der Waals surface area contributed by atoms with Gasteiger partial charge in [-0.3, -0.25) is 9.59 Å². The number of aryl methyl sites for hydroxylation is 2. The number of benzene rings is 2. The normalized spacial score (nSPS) is 17.4. The van der Waals surface area contributed by atoms with E-state index < -0.39 is 0 Å². The summed E-state index contributed by atoms with van der Waals surface area (Å²) < 4.78 is 10.5. The fraction of sp³-hybridized carbons (Fsp3) is 0.391. The van der Waals surface area contributed by atoms with E-state index in [0.717, 1.165) is 29.7 Å². The first-order valence-electron chi connectivity index (χ1n) is 9.96. The molecule has 1 aliphatic rings. The molecule has 1 aliphatic carbocycles. The van der Waals surface area contributed by atoms with E-state index in [1.54, 1.807) is 32.4 Å². The third-order valence-corrected chi connectivity index (χ3v) is 5.36. The van der Waals surface area contributed by atoms with Crippen molar-refractivity contribution in [3.8, 4) is 11.5 Å². The zero-order valence-corrected chi connectivity index (χ0v) is 17.4. The number of rotatable bonds is 8. The van der Waals surface area contributed by atoms with Gasteiger partial charge in [0.15, 0.2) is 11.5 Å². The van der Waals surface area contributed by atoms with Gasteiger partial charge in [0.1, 0.15) is 0 Å². The van der Waals surface area contributed by atoms with Crippen LogP contribution in [0.15, 0.2) is 36.4 Å². The Morgan fingerprint density at radius 2 is 1.48 bits per heavy atom. The highest BCUT2D eigenvalue weighted by molar-refractivity contribution is 6.03. The van der Waals surface area contributed by atoms with Crippen LogP contribution in [0.25, 0.3) is 0 Å². The lowest BCUT2D eigenvalue weighted by molar-refractivity contribution is -0.122. The van der Waals surface area contributed by atoms with Gasteiger partial charge >= 0.3 is 0 Å². The average Bonchev–Trinajstić information content (AvgIpc) is 3.55. The van der Waals surface area contributed by atoms with E-state index in [-0.39, 0.29) is 23.7 Å². The molecule has 0 aromatic heterocycles. The van der Waals surface area contributed by atoms with Crippen LogP contribution in [0.3, 0.4) is 0 Å². The Morgan fingerprint density at radius 3 is 2.03 bits per heavy atom. The number of methoxy groups -OCH3 is 2. The minimum Gasteiger partial charge on any atom is -0.493 e. The molecule has 29 heavy (non-hydrogen) atoms. The molecule has 3 rings (SSSR count). The van der Waals surface area contributed by atoms with Crippen LogP contribution in [0.2, 0.25) is 0 Å². The van der Waals surface area contributed by atoms with Crippen molar-refractivity contribution >= 4 is 23.2 Å². The highest BCUT2D eigenvalue weighted by Gasteiger charge is 2.48. The molecule has 0 saturated heterocycles. The number of carbonyl (C=O) groups is 2. The number of ether oxygens (including phenoxy) is 2. The zero-order chi connectivity index (χ0) is 21.0. The van der Waals surface area contributed by atoms with Crippen LogP contribution in [0, 0.1) is 11.8 Å². The molecule has 2 aromatic carbocycles. The van der Waals surface area contributed by atoms with Gasteiger partial charge in [0.05, 0.1) is 26.1 Å². The molecular formula is C23H28N2O4. The highest BCUT2D eigenvalue weighted by Crippen LogP contribution is 2.41. The summed E-state index contributed by atoms with van der Waals surface area (Å²) >= 11 is 0. The Labute approximate surface area is 171 Å². The van der Waals surface area contributed by atoms with Crippen molar-refractivity contribution < 1.29 is 19.1 Å². The molecule has 6 heteroatoms. The molecule has 2 aromatic rings. The van der Waals surface area contributed by atoms with Crippen molar-refractivity contribution in [2.24, 2.45) is 11.8 Å². The fourth-order valence-corrected chi connectivity index (χ4v) is 3.54. The van der Waals surface area contributed by atoms with Crippen molar-refractivity contribution in [1.29, 1.82) is 0 Å². The largest absolute Gasteiger partial charge is 0.493 e. The fourth-order valence-electron chi connectivity index (χ4n) is 3.54. The van der Waals surface area contributed by atoms with E-state index in [0.29, 0.717) is 23.6 Å². The number of carbonyl (C=O) groups excluding carboxylic acids is 2. The van der Waals surface area contributed by atoms with Gasteiger partial charge in [-0.15, -0.1) is 0 Å². The van der Waals surface area contributed by atoms with Gasteiger partial charge in [-0.1, -0.05) is 32.0 Å². The zero-order valence-electron chi connectivity index (χ0n) is 17.4. The van der Waals surface area contributed by atoms with Gasteiger partial charge in [0.2, 0.25) is 11.8 Å². The van der Waals surface area contributed by atoms with E-state index >= 15 is 0 Å². The smallest absolute Gasteiger partial charge is 0.228 e. The molecule has 6 nitrogen and oxygen atoms in total. The molecule has 0 radical (unpaired) electrons. The van der Waals surface area contributed by atoms with E-state index in [2.05, 4.69) is 24.5 Å². The maximum atomic E-state index is 12.7. The van der Waals surface area contributed by atoms with Crippen LogP contribution in [-0.4, -0.2) is 26.0 Å². The molecule has 0 heterocycles. The summed E-state index contributed by atoms with van der Waals surface area (Å²) in [5.41, 5.74) is 3.74. The van der Waals surface area contributed by atoms with E-state index in [1.807, 2.05) is 18.2 Å². The summed E-state index contributed by atoms with van der Waals surface area (Å²) in [5, 5.41) is 5.94. The van der Waals surface area contributed by atoms with E-state index in [4.69, 9.17) is 9.47 Å². The average molecular weight is 396 g/mol. The molecular weight excluding hydrogens is 368 g/mol. The summed E-state index contributed by atoms with van der Waals surface area (Å²) in [6, 6.07) is 11.3. The molecule has 0 spiro atoms. The Hall–Kier alpha value is -3.02. The summed E-state index contributed by atoms with van der Waals surface area (Å²) in [4.78, 5) is 25.3. The van der Waals surface area contributed by atoms with Gasteiger partial charge in [-0.25, -0.2) is 0 Å². The monoisotopic (exact) mass is 396 g/mol. The maximum Gasteiger partial charge on any atom is 0.228 e. The number of hydrogen-bond acceptors (Lipinski definition) is 4. The lowest BCUT2D eigenvalue weighted by Crippen LogP contribution is -2.21. The van der Waals surface area contributed by atoms with Crippen molar-refractivity contribution in [3.05, 3.63) is 47.5 Å². The third kappa shape index (κ3) is 4.53. The predicted molar refractivity (Wildman–Crippen MR) is 114 cm³/mol. The first-order valence-corrected chi connectivity index (χ1v) is 9.96. The summed E-state index contributed by atoms with van der Waals surface area (Å²) in [5.74, 6) is 0.269. The minimum absolute atomic E-state index is 0.0898. The predicted octanol–water partition coefficient (Wildman–Crippen LogP) is 4.04. The third-order valence-electron chi connectivity index (χ3n) is 5.36. The second-order valence-electron chi connectivity index (χ2n) is 7.16. The molecule has 1 saturated carbocycles. The van der Waals surface area contributed by atoms with Crippen LogP contribution in [-0.2, 0) is 22.4 Å².